The maximum atomic E-state index is 13.0. The van der Waals surface area contributed by atoms with Crippen molar-refractivity contribution in [3.05, 3.63) is 101 Å². The van der Waals surface area contributed by atoms with Crippen molar-refractivity contribution >= 4 is 23.2 Å². The van der Waals surface area contributed by atoms with Crippen LogP contribution in [0.25, 0.3) is 0 Å². The Balaban J connectivity index is 1.67. The predicted molar refractivity (Wildman–Crippen MR) is 112 cm³/mol. The number of benzene rings is 3. The number of hydrogen-bond donors (Lipinski definition) is 2. The Morgan fingerprint density at radius 1 is 0.828 bits per heavy atom. The topological polar surface area (TPSA) is 70.6 Å². The smallest absolute Gasteiger partial charge is 0.271 e. The molecule has 0 radical (unpaired) electrons. The minimum atomic E-state index is -0.419. The lowest BCUT2D eigenvalue weighted by atomic mass is 10.1. The van der Waals surface area contributed by atoms with Crippen molar-refractivity contribution in [1.29, 1.82) is 0 Å². The van der Waals surface area contributed by atoms with Crippen LogP contribution in [0.1, 0.15) is 38.8 Å². The molecule has 2 amide bonds. The van der Waals surface area contributed by atoms with E-state index in [1.54, 1.807) is 55.5 Å². The van der Waals surface area contributed by atoms with Gasteiger partial charge in [-0.3, -0.25) is 9.59 Å². The first-order chi connectivity index (χ1) is 13.9. The molecule has 29 heavy (non-hydrogen) atoms. The van der Waals surface area contributed by atoms with E-state index in [-0.39, 0.29) is 11.7 Å². The summed E-state index contributed by atoms with van der Waals surface area (Å²) < 4.78 is 13.0. The molecule has 0 aliphatic rings. The van der Waals surface area contributed by atoms with Gasteiger partial charge in [-0.25, -0.2) is 9.82 Å². The molecule has 0 saturated heterocycles. The van der Waals surface area contributed by atoms with Gasteiger partial charge in [0, 0.05) is 16.8 Å². The quantitative estimate of drug-likeness (QED) is 0.497. The second-order valence-corrected chi connectivity index (χ2v) is 6.55. The predicted octanol–water partition coefficient (Wildman–Crippen LogP) is 4.54. The lowest BCUT2D eigenvalue weighted by Crippen LogP contribution is -2.20. The highest BCUT2D eigenvalue weighted by atomic mass is 19.1. The van der Waals surface area contributed by atoms with Gasteiger partial charge < -0.3 is 5.32 Å². The van der Waals surface area contributed by atoms with Crippen LogP contribution in [0.2, 0.25) is 0 Å². The maximum absolute atomic E-state index is 13.0. The van der Waals surface area contributed by atoms with E-state index in [0.717, 1.165) is 5.56 Å². The number of halogens is 1. The molecule has 2 N–H and O–H groups in total. The van der Waals surface area contributed by atoms with Gasteiger partial charge in [-0.15, -0.1) is 0 Å². The van der Waals surface area contributed by atoms with Crippen LogP contribution in [0, 0.1) is 12.7 Å². The lowest BCUT2D eigenvalue weighted by Gasteiger charge is -2.08. The molecule has 0 saturated carbocycles. The fourth-order valence-corrected chi connectivity index (χ4v) is 2.60. The number of nitrogens with one attached hydrogen (secondary N) is 2. The summed E-state index contributed by atoms with van der Waals surface area (Å²) in [5.41, 5.74) is 6.17. The second-order valence-electron chi connectivity index (χ2n) is 6.55. The van der Waals surface area contributed by atoms with E-state index in [4.69, 9.17) is 0 Å². The molecule has 5 nitrogen and oxygen atoms in total. The first-order valence-electron chi connectivity index (χ1n) is 9.01. The summed E-state index contributed by atoms with van der Waals surface area (Å²) >= 11 is 0. The first kappa shape index (κ1) is 19.9. The highest BCUT2D eigenvalue weighted by Gasteiger charge is 2.09. The van der Waals surface area contributed by atoms with Crippen LogP contribution in [-0.2, 0) is 0 Å². The number of carbonyl (C=O) groups is 2. The van der Waals surface area contributed by atoms with Crippen LogP contribution in [0.15, 0.2) is 77.9 Å². The third kappa shape index (κ3) is 5.35. The minimum absolute atomic E-state index is 0.257. The number of amides is 2. The van der Waals surface area contributed by atoms with E-state index >= 15 is 0 Å². The molecule has 0 bridgehead atoms. The maximum Gasteiger partial charge on any atom is 0.271 e. The van der Waals surface area contributed by atoms with E-state index in [0.29, 0.717) is 28.1 Å². The van der Waals surface area contributed by atoms with Gasteiger partial charge in [0.15, 0.2) is 0 Å². The van der Waals surface area contributed by atoms with Crippen LogP contribution in [0.3, 0.4) is 0 Å². The van der Waals surface area contributed by atoms with Gasteiger partial charge in [-0.05, 0) is 61.9 Å². The average molecular weight is 389 g/mol. The molecular formula is C23H20FN3O2. The van der Waals surface area contributed by atoms with Gasteiger partial charge in [0.25, 0.3) is 11.8 Å². The van der Waals surface area contributed by atoms with Crippen molar-refractivity contribution in [3.63, 3.8) is 0 Å². The molecule has 0 atom stereocenters. The molecule has 3 aromatic carbocycles. The molecule has 0 fully saturated rings. The summed E-state index contributed by atoms with van der Waals surface area (Å²) in [6.45, 7) is 3.66. The molecular weight excluding hydrogens is 369 g/mol. The number of anilines is 1. The Kier molecular flexibility index (Phi) is 6.14. The second kappa shape index (κ2) is 8.93. The molecule has 0 unspecified atom stereocenters. The molecule has 3 aromatic rings. The lowest BCUT2D eigenvalue weighted by molar-refractivity contribution is 0.0953. The Morgan fingerprint density at radius 2 is 1.48 bits per heavy atom. The highest BCUT2D eigenvalue weighted by Crippen LogP contribution is 2.13. The first-order valence-corrected chi connectivity index (χ1v) is 9.01. The molecule has 0 aliphatic heterocycles. The van der Waals surface area contributed by atoms with E-state index in [2.05, 4.69) is 15.8 Å². The summed E-state index contributed by atoms with van der Waals surface area (Å²) in [4.78, 5) is 24.7. The van der Waals surface area contributed by atoms with E-state index in [1.807, 2.05) is 19.1 Å². The number of hydrogen-bond acceptors (Lipinski definition) is 3. The Labute approximate surface area is 168 Å². The molecule has 0 spiro atoms. The molecule has 0 aliphatic carbocycles. The minimum Gasteiger partial charge on any atom is -0.322 e. The standard InChI is InChI=1S/C23H20FN3O2/c1-15-6-8-18(9-7-15)22(28)25-21-5-3-4-19(14-21)23(29)27-26-16(2)17-10-12-20(24)13-11-17/h3-14H,1-2H3,(H,25,28)(H,27,29). The summed E-state index contributed by atoms with van der Waals surface area (Å²) in [6, 6.07) is 19.6. The Bertz CT molecular complexity index is 1060. The van der Waals surface area contributed by atoms with Crippen LogP contribution in [0.4, 0.5) is 10.1 Å². The normalized spacial score (nSPS) is 11.1. The Morgan fingerprint density at radius 3 is 2.17 bits per heavy atom. The van der Waals surface area contributed by atoms with Gasteiger partial charge >= 0.3 is 0 Å². The summed E-state index contributed by atoms with van der Waals surface area (Å²) in [5.74, 6) is -1.01. The number of rotatable bonds is 5. The SMILES string of the molecule is CC(=NNC(=O)c1cccc(NC(=O)c2ccc(C)cc2)c1)c1ccc(F)cc1. The van der Waals surface area contributed by atoms with E-state index in [9.17, 15) is 14.0 Å². The zero-order chi connectivity index (χ0) is 20.8. The fraction of sp³-hybridized carbons (Fsp3) is 0.0870. The van der Waals surface area contributed by atoms with Crippen LogP contribution in [-0.4, -0.2) is 17.5 Å². The van der Waals surface area contributed by atoms with Crippen LogP contribution >= 0.6 is 0 Å². The highest BCUT2D eigenvalue weighted by molar-refractivity contribution is 6.05. The summed E-state index contributed by atoms with van der Waals surface area (Å²) in [7, 11) is 0. The van der Waals surface area contributed by atoms with Crippen LogP contribution in [0.5, 0.6) is 0 Å². The van der Waals surface area contributed by atoms with Crippen molar-refractivity contribution in [3.8, 4) is 0 Å². The van der Waals surface area contributed by atoms with Gasteiger partial charge in [0.2, 0.25) is 0 Å². The van der Waals surface area contributed by atoms with Crippen molar-refractivity contribution < 1.29 is 14.0 Å². The molecule has 6 heteroatoms. The largest absolute Gasteiger partial charge is 0.322 e. The fourth-order valence-electron chi connectivity index (χ4n) is 2.60. The number of carbonyl (C=O) groups excluding carboxylic acids is 2. The molecule has 3 rings (SSSR count). The van der Waals surface area contributed by atoms with Crippen molar-refractivity contribution in [1.82, 2.24) is 5.43 Å². The van der Waals surface area contributed by atoms with Crippen molar-refractivity contribution in [2.24, 2.45) is 5.10 Å². The molecule has 0 aromatic heterocycles. The third-order valence-corrected chi connectivity index (χ3v) is 4.28. The van der Waals surface area contributed by atoms with Gasteiger partial charge in [-0.2, -0.15) is 5.10 Å². The zero-order valence-corrected chi connectivity index (χ0v) is 16.1. The zero-order valence-electron chi connectivity index (χ0n) is 16.1. The Hall–Kier alpha value is -3.80. The van der Waals surface area contributed by atoms with Gasteiger partial charge in [-0.1, -0.05) is 35.9 Å². The number of aryl methyl sites for hydroxylation is 1. The summed E-state index contributed by atoms with van der Waals surface area (Å²) in [5, 5.41) is 6.83. The third-order valence-electron chi connectivity index (χ3n) is 4.28. The van der Waals surface area contributed by atoms with Crippen molar-refractivity contribution in [2.75, 3.05) is 5.32 Å². The van der Waals surface area contributed by atoms with Crippen LogP contribution < -0.4 is 10.7 Å². The van der Waals surface area contributed by atoms with E-state index in [1.165, 1.54) is 12.1 Å². The van der Waals surface area contributed by atoms with Crippen molar-refractivity contribution in [2.45, 2.75) is 13.8 Å². The molecule has 0 heterocycles. The van der Waals surface area contributed by atoms with Gasteiger partial charge in [0.05, 0.1) is 5.71 Å². The number of hydrazone groups is 1. The molecule has 146 valence electrons. The average Bonchev–Trinajstić information content (AvgIpc) is 2.73. The monoisotopic (exact) mass is 389 g/mol. The van der Waals surface area contributed by atoms with E-state index < -0.39 is 5.91 Å². The van der Waals surface area contributed by atoms with Gasteiger partial charge in [0.1, 0.15) is 5.82 Å². The summed E-state index contributed by atoms with van der Waals surface area (Å²) in [6.07, 6.45) is 0. The number of nitrogens with zero attached hydrogens (tertiary/aromatic N) is 1.